The average Bonchev–Trinajstić information content (AvgIpc) is 2.11. The van der Waals surface area contributed by atoms with Crippen LogP contribution >= 0.6 is 0 Å². The van der Waals surface area contributed by atoms with Crippen molar-refractivity contribution < 1.29 is 17.2 Å². The zero-order valence-electron chi connectivity index (χ0n) is 8.34. The van der Waals surface area contributed by atoms with Gasteiger partial charge in [0.05, 0.1) is 0 Å². The van der Waals surface area contributed by atoms with Crippen LogP contribution in [0.25, 0.3) is 0 Å². The van der Waals surface area contributed by atoms with Gasteiger partial charge in [0.15, 0.2) is 0 Å². The number of rotatable bonds is 3. The van der Waals surface area contributed by atoms with Crippen LogP contribution in [0, 0.1) is 18.6 Å². The molecular formula is C9H11F2NO2S. The van der Waals surface area contributed by atoms with Gasteiger partial charge in [-0.1, -0.05) is 6.92 Å². The average molecular weight is 235 g/mol. The molecule has 84 valence electrons. The van der Waals surface area contributed by atoms with Crippen LogP contribution in [0.3, 0.4) is 0 Å². The molecule has 15 heavy (non-hydrogen) atoms. The van der Waals surface area contributed by atoms with Gasteiger partial charge in [-0.2, -0.15) is 0 Å². The number of hydrogen-bond acceptors (Lipinski definition) is 2. The van der Waals surface area contributed by atoms with Crippen molar-refractivity contribution >= 4 is 10.0 Å². The maximum absolute atomic E-state index is 13.2. The first-order valence-corrected chi connectivity index (χ1v) is 5.82. The Bertz CT molecular complexity index is 471. The van der Waals surface area contributed by atoms with Crippen molar-refractivity contribution in [1.82, 2.24) is 4.72 Å². The Morgan fingerprint density at radius 1 is 1.27 bits per heavy atom. The maximum Gasteiger partial charge on any atom is 0.243 e. The van der Waals surface area contributed by atoms with Crippen molar-refractivity contribution in [2.45, 2.75) is 18.7 Å². The minimum Gasteiger partial charge on any atom is -0.211 e. The van der Waals surface area contributed by atoms with Crippen LogP contribution in [-0.2, 0) is 10.0 Å². The third-order valence-corrected chi connectivity index (χ3v) is 3.40. The van der Waals surface area contributed by atoms with Gasteiger partial charge >= 0.3 is 0 Å². The fourth-order valence-electron chi connectivity index (χ4n) is 1.10. The second-order valence-corrected chi connectivity index (χ2v) is 4.77. The number of hydrogen-bond donors (Lipinski definition) is 1. The van der Waals surface area contributed by atoms with E-state index in [1.165, 1.54) is 6.92 Å². The fraction of sp³-hybridized carbons (Fsp3) is 0.333. The Morgan fingerprint density at radius 3 is 2.40 bits per heavy atom. The first-order valence-electron chi connectivity index (χ1n) is 4.33. The molecule has 0 aliphatic carbocycles. The summed E-state index contributed by atoms with van der Waals surface area (Å²) in [6, 6.07) is 1.54. The summed E-state index contributed by atoms with van der Waals surface area (Å²) in [4.78, 5) is -0.525. The van der Waals surface area contributed by atoms with Crippen molar-refractivity contribution in [2.75, 3.05) is 6.54 Å². The number of halogens is 2. The first-order chi connectivity index (χ1) is 6.88. The smallest absolute Gasteiger partial charge is 0.211 e. The largest absolute Gasteiger partial charge is 0.243 e. The second kappa shape index (κ2) is 4.24. The van der Waals surface area contributed by atoms with Gasteiger partial charge in [0, 0.05) is 12.6 Å². The summed E-state index contributed by atoms with van der Waals surface area (Å²) in [5, 5.41) is 0. The third kappa shape index (κ3) is 2.51. The number of aryl methyl sites for hydroxylation is 1. The molecule has 1 N–H and O–H groups in total. The van der Waals surface area contributed by atoms with Crippen molar-refractivity contribution in [1.29, 1.82) is 0 Å². The van der Waals surface area contributed by atoms with Gasteiger partial charge < -0.3 is 0 Å². The summed E-state index contributed by atoms with van der Waals surface area (Å²) in [5.74, 6) is -1.85. The van der Waals surface area contributed by atoms with Gasteiger partial charge in [-0.3, -0.25) is 0 Å². The lowest BCUT2D eigenvalue weighted by atomic mass is 10.2. The van der Waals surface area contributed by atoms with E-state index in [2.05, 4.69) is 4.72 Å². The van der Waals surface area contributed by atoms with E-state index in [4.69, 9.17) is 0 Å². The molecule has 0 unspecified atom stereocenters. The van der Waals surface area contributed by atoms with Crippen LogP contribution in [0.5, 0.6) is 0 Å². The standard InChI is InChI=1S/C9H11F2NO2S/c1-3-12-15(13,14)9-4-6(2)7(10)5-8(9)11/h4-5,12H,3H2,1-2H3. The van der Waals surface area contributed by atoms with Crippen LogP contribution in [0.2, 0.25) is 0 Å². The van der Waals surface area contributed by atoms with Gasteiger partial charge in [0.25, 0.3) is 0 Å². The summed E-state index contributed by atoms with van der Waals surface area (Å²) in [6.45, 7) is 3.10. The highest BCUT2D eigenvalue weighted by molar-refractivity contribution is 7.89. The Hall–Kier alpha value is -1.01. The van der Waals surface area contributed by atoms with Crippen molar-refractivity contribution in [3.63, 3.8) is 0 Å². The Kier molecular flexibility index (Phi) is 3.41. The number of benzene rings is 1. The van der Waals surface area contributed by atoms with Gasteiger partial charge in [0.1, 0.15) is 16.5 Å². The molecule has 0 aliphatic rings. The monoisotopic (exact) mass is 235 g/mol. The summed E-state index contributed by atoms with van der Waals surface area (Å²) < 4.78 is 51.1. The van der Waals surface area contributed by atoms with E-state index < -0.39 is 26.6 Å². The lowest BCUT2D eigenvalue weighted by Gasteiger charge is -2.07. The molecule has 1 aromatic carbocycles. The van der Waals surface area contributed by atoms with Crippen molar-refractivity contribution in [2.24, 2.45) is 0 Å². The van der Waals surface area contributed by atoms with E-state index in [9.17, 15) is 17.2 Å². The zero-order chi connectivity index (χ0) is 11.6. The fourth-order valence-corrected chi connectivity index (χ4v) is 2.29. The van der Waals surface area contributed by atoms with Crippen LogP contribution in [0.1, 0.15) is 12.5 Å². The highest BCUT2D eigenvalue weighted by Crippen LogP contribution is 2.18. The molecule has 0 bridgehead atoms. The number of nitrogens with one attached hydrogen (secondary N) is 1. The Labute approximate surface area is 87.2 Å². The molecule has 0 aromatic heterocycles. The Balaban J connectivity index is 3.33. The predicted molar refractivity (Wildman–Crippen MR) is 52.0 cm³/mol. The summed E-state index contributed by atoms with van der Waals surface area (Å²) in [7, 11) is -3.87. The lowest BCUT2D eigenvalue weighted by molar-refractivity contribution is 0.541. The molecule has 6 heteroatoms. The van der Waals surface area contributed by atoms with Gasteiger partial charge in [0.2, 0.25) is 10.0 Å². The molecule has 1 rings (SSSR count). The van der Waals surface area contributed by atoms with E-state index in [1.807, 2.05) is 0 Å². The van der Waals surface area contributed by atoms with Crippen LogP contribution in [0.15, 0.2) is 17.0 Å². The van der Waals surface area contributed by atoms with E-state index in [0.717, 1.165) is 6.07 Å². The minimum absolute atomic E-state index is 0.0906. The molecule has 0 radical (unpaired) electrons. The van der Waals surface area contributed by atoms with E-state index in [1.54, 1.807) is 6.92 Å². The van der Waals surface area contributed by atoms with E-state index in [0.29, 0.717) is 6.07 Å². The SMILES string of the molecule is CCNS(=O)(=O)c1cc(C)c(F)cc1F. The molecular weight excluding hydrogens is 224 g/mol. The van der Waals surface area contributed by atoms with Crippen molar-refractivity contribution in [3.8, 4) is 0 Å². The van der Waals surface area contributed by atoms with Crippen molar-refractivity contribution in [3.05, 3.63) is 29.3 Å². The molecule has 0 spiro atoms. The highest BCUT2D eigenvalue weighted by Gasteiger charge is 2.19. The van der Waals surface area contributed by atoms with Gasteiger partial charge in [-0.15, -0.1) is 0 Å². The molecule has 0 saturated heterocycles. The first kappa shape index (κ1) is 12.1. The van der Waals surface area contributed by atoms with Crippen LogP contribution in [0.4, 0.5) is 8.78 Å². The summed E-state index contributed by atoms with van der Waals surface area (Å²) >= 11 is 0. The predicted octanol–water partition coefficient (Wildman–Crippen LogP) is 1.57. The zero-order valence-corrected chi connectivity index (χ0v) is 9.16. The molecule has 0 amide bonds. The quantitative estimate of drug-likeness (QED) is 0.864. The van der Waals surface area contributed by atoms with Crippen LogP contribution in [-0.4, -0.2) is 15.0 Å². The molecule has 0 heterocycles. The topological polar surface area (TPSA) is 46.2 Å². The second-order valence-electron chi connectivity index (χ2n) is 3.03. The normalized spacial score (nSPS) is 11.7. The molecule has 0 saturated carbocycles. The van der Waals surface area contributed by atoms with Gasteiger partial charge in [-0.05, 0) is 18.6 Å². The molecule has 0 fully saturated rings. The third-order valence-electron chi connectivity index (χ3n) is 1.84. The molecule has 1 aromatic rings. The molecule has 0 aliphatic heterocycles. The minimum atomic E-state index is -3.87. The lowest BCUT2D eigenvalue weighted by Crippen LogP contribution is -2.24. The van der Waals surface area contributed by atoms with E-state index >= 15 is 0 Å². The highest BCUT2D eigenvalue weighted by atomic mass is 32.2. The summed E-state index contributed by atoms with van der Waals surface area (Å²) in [6.07, 6.45) is 0. The Morgan fingerprint density at radius 2 is 1.87 bits per heavy atom. The summed E-state index contributed by atoms with van der Waals surface area (Å²) in [5.41, 5.74) is 0.0906. The van der Waals surface area contributed by atoms with Crippen LogP contribution < -0.4 is 4.72 Å². The maximum atomic E-state index is 13.2. The molecule has 3 nitrogen and oxygen atoms in total. The van der Waals surface area contributed by atoms with Gasteiger partial charge in [-0.25, -0.2) is 21.9 Å². The molecule has 0 atom stereocenters. The number of sulfonamides is 1. The van der Waals surface area contributed by atoms with E-state index in [-0.39, 0.29) is 12.1 Å².